The van der Waals surface area contributed by atoms with E-state index < -0.39 is 0 Å². The van der Waals surface area contributed by atoms with Crippen LogP contribution >= 0.6 is 12.4 Å². The molecule has 1 aromatic heterocycles. The Morgan fingerprint density at radius 3 is 2.56 bits per heavy atom. The van der Waals surface area contributed by atoms with Gasteiger partial charge in [0.05, 0.1) is 5.69 Å². The standard InChI is InChI=1S/C24H26N2.ClH/c1-18-12-14-26(15-13-18)24-16-22(25-17-19(24)2)11-10-21-8-5-7-20-6-3-4-9-23(20)21;/h3-11,16-18H,12-15H2,1-2H3;1H/b11-10+;. The van der Waals surface area contributed by atoms with Crippen LogP contribution in [0, 0.1) is 12.8 Å². The molecule has 3 heteroatoms. The highest BCUT2D eigenvalue weighted by Crippen LogP contribution is 2.27. The Kier molecular flexibility index (Phi) is 6.18. The molecule has 1 aliphatic heterocycles. The fraction of sp³-hybridized carbons (Fsp3) is 0.292. The number of fused-ring (bicyclic) bond motifs is 1. The fourth-order valence-electron chi connectivity index (χ4n) is 3.78. The Hall–Kier alpha value is -2.32. The zero-order valence-corrected chi connectivity index (χ0v) is 16.9. The quantitative estimate of drug-likeness (QED) is 0.526. The Labute approximate surface area is 168 Å². The highest BCUT2D eigenvalue weighted by molar-refractivity contribution is 5.92. The molecule has 0 bridgehead atoms. The fourth-order valence-corrected chi connectivity index (χ4v) is 3.78. The van der Waals surface area contributed by atoms with Crippen molar-refractivity contribution >= 4 is 41.0 Å². The van der Waals surface area contributed by atoms with Crippen molar-refractivity contribution in [2.24, 2.45) is 5.92 Å². The average Bonchev–Trinajstić information content (AvgIpc) is 2.68. The number of anilines is 1. The number of piperidine rings is 1. The molecule has 1 aliphatic rings. The zero-order chi connectivity index (χ0) is 17.9. The van der Waals surface area contributed by atoms with Crippen molar-refractivity contribution in [1.29, 1.82) is 0 Å². The van der Waals surface area contributed by atoms with Crippen LogP contribution in [-0.2, 0) is 0 Å². The molecule has 0 aliphatic carbocycles. The number of hydrogen-bond donors (Lipinski definition) is 0. The van der Waals surface area contributed by atoms with E-state index in [0.29, 0.717) is 0 Å². The summed E-state index contributed by atoms with van der Waals surface area (Å²) in [4.78, 5) is 7.15. The van der Waals surface area contributed by atoms with Crippen LogP contribution < -0.4 is 4.90 Å². The zero-order valence-electron chi connectivity index (χ0n) is 16.1. The molecule has 0 atom stereocenters. The first-order valence-electron chi connectivity index (χ1n) is 9.58. The molecular formula is C24H27ClN2. The van der Waals surface area contributed by atoms with Gasteiger partial charge in [0.25, 0.3) is 0 Å². The van der Waals surface area contributed by atoms with Gasteiger partial charge in [0.1, 0.15) is 0 Å². The summed E-state index contributed by atoms with van der Waals surface area (Å²) in [6.07, 6.45) is 8.89. The van der Waals surface area contributed by atoms with Gasteiger partial charge in [0, 0.05) is 25.0 Å². The Morgan fingerprint density at radius 1 is 1.00 bits per heavy atom. The molecule has 0 amide bonds. The van der Waals surface area contributed by atoms with Gasteiger partial charge < -0.3 is 4.90 Å². The van der Waals surface area contributed by atoms with E-state index in [4.69, 9.17) is 0 Å². The lowest BCUT2D eigenvalue weighted by Gasteiger charge is -2.33. The van der Waals surface area contributed by atoms with E-state index in [1.165, 1.54) is 40.4 Å². The minimum absolute atomic E-state index is 0. The Bertz CT molecular complexity index is 935. The molecule has 2 nitrogen and oxygen atoms in total. The summed E-state index contributed by atoms with van der Waals surface area (Å²) in [5.74, 6) is 0.846. The van der Waals surface area contributed by atoms with Gasteiger partial charge in [-0.1, -0.05) is 55.5 Å². The van der Waals surface area contributed by atoms with Gasteiger partial charge in [-0.15, -0.1) is 12.4 Å². The maximum atomic E-state index is 4.63. The van der Waals surface area contributed by atoms with Crippen LogP contribution in [0.3, 0.4) is 0 Å². The lowest BCUT2D eigenvalue weighted by Crippen LogP contribution is -2.33. The second-order valence-electron chi connectivity index (χ2n) is 7.47. The summed E-state index contributed by atoms with van der Waals surface area (Å²) in [6.45, 7) is 6.82. The van der Waals surface area contributed by atoms with Crippen molar-refractivity contribution in [3.8, 4) is 0 Å². The van der Waals surface area contributed by atoms with Crippen molar-refractivity contribution in [2.45, 2.75) is 26.7 Å². The van der Waals surface area contributed by atoms with E-state index in [1.54, 1.807) is 0 Å². The molecule has 1 fully saturated rings. The lowest BCUT2D eigenvalue weighted by atomic mass is 9.98. The largest absolute Gasteiger partial charge is 0.371 e. The van der Waals surface area contributed by atoms with Crippen molar-refractivity contribution in [3.63, 3.8) is 0 Å². The number of nitrogens with zero attached hydrogens (tertiary/aromatic N) is 2. The molecule has 0 N–H and O–H groups in total. The van der Waals surface area contributed by atoms with Crippen molar-refractivity contribution in [1.82, 2.24) is 4.98 Å². The highest BCUT2D eigenvalue weighted by atomic mass is 35.5. The number of pyridine rings is 1. The van der Waals surface area contributed by atoms with Gasteiger partial charge in [-0.3, -0.25) is 4.98 Å². The summed E-state index contributed by atoms with van der Waals surface area (Å²) in [6, 6.07) is 17.2. The second-order valence-corrected chi connectivity index (χ2v) is 7.47. The molecule has 2 heterocycles. The lowest BCUT2D eigenvalue weighted by molar-refractivity contribution is 0.438. The molecule has 0 spiro atoms. The predicted molar refractivity (Wildman–Crippen MR) is 120 cm³/mol. The minimum atomic E-state index is 0. The normalized spacial score (nSPS) is 15.3. The molecule has 4 rings (SSSR count). The number of aryl methyl sites for hydroxylation is 1. The first kappa shape index (κ1) is 19.4. The van der Waals surface area contributed by atoms with E-state index in [2.05, 4.69) is 84.4 Å². The molecule has 0 saturated carbocycles. The number of halogens is 1. The van der Waals surface area contributed by atoms with Crippen molar-refractivity contribution < 1.29 is 0 Å². The van der Waals surface area contributed by atoms with Gasteiger partial charge in [-0.2, -0.15) is 0 Å². The average molecular weight is 379 g/mol. The SMILES string of the molecule is Cc1cnc(/C=C/c2cccc3ccccc23)cc1N1CCC(C)CC1.Cl. The molecule has 140 valence electrons. The molecule has 0 unspecified atom stereocenters. The first-order valence-corrected chi connectivity index (χ1v) is 9.58. The smallest absolute Gasteiger partial charge is 0.0650 e. The molecule has 0 radical (unpaired) electrons. The van der Waals surface area contributed by atoms with Gasteiger partial charge in [-0.25, -0.2) is 0 Å². The highest BCUT2D eigenvalue weighted by Gasteiger charge is 2.17. The third kappa shape index (κ3) is 4.33. The monoisotopic (exact) mass is 378 g/mol. The van der Waals surface area contributed by atoms with E-state index >= 15 is 0 Å². The van der Waals surface area contributed by atoms with E-state index in [0.717, 1.165) is 24.7 Å². The van der Waals surface area contributed by atoms with Crippen LogP contribution in [0.5, 0.6) is 0 Å². The second kappa shape index (κ2) is 8.58. The Morgan fingerprint density at radius 2 is 1.74 bits per heavy atom. The van der Waals surface area contributed by atoms with E-state index in [9.17, 15) is 0 Å². The molecular weight excluding hydrogens is 352 g/mol. The van der Waals surface area contributed by atoms with Crippen molar-refractivity contribution in [3.05, 3.63) is 71.5 Å². The van der Waals surface area contributed by atoms with Crippen LogP contribution in [0.2, 0.25) is 0 Å². The maximum Gasteiger partial charge on any atom is 0.0650 e. The van der Waals surface area contributed by atoms with Gasteiger partial charge in [0.2, 0.25) is 0 Å². The van der Waals surface area contributed by atoms with Gasteiger partial charge >= 0.3 is 0 Å². The number of benzene rings is 2. The minimum Gasteiger partial charge on any atom is -0.371 e. The van der Waals surface area contributed by atoms with Crippen LogP contribution in [0.4, 0.5) is 5.69 Å². The topological polar surface area (TPSA) is 16.1 Å². The van der Waals surface area contributed by atoms with Crippen LogP contribution in [0.25, 0.3) is 22.9 Å². The summed E-state index contributed by atoms with van der Waals surface area (Å²) in [5, 5.41) is 2.55. The molecule has 27 heavy (non-hydrogen) atoms. The third-order valence-electron chi connectivity index (χ3n) is 5.48. The summed E-state index contributed by atoms with van der Waals surface area (Å²) in [5.41, 5.74) is 4.86. The van der Waals surface area contributed by atoms with Crippen LogP contribution in [0.15, 0.2) is 54.7 Å². The van der Waals surface area contributed by atoms with Gasteiger partial charge in [-0.05, 0) is 59.7 Å². The number of aromatic nitrogens is 1. The molecule has 2 aromatic carbocycles. The van der Waals surface area contributed by atoms with E-state index in [-0.39, 0.29) is 12.4 Å². The summed E-state index contributed by atoms with van der Waals surface area (Å²) < 4.78 is 0. The van der Waals surface area contributed by atoms with Crippen LogP contribution in [0.1, 0.15) is 36.6 Å². The summed E-state index contributed by atoms with van der Waals surface area (Å²) >= 11 is 0. The molecule has 3 aromatic rings. The van der Waals surface area contributed by atoms with Crippen molar-refractivity contribution in [2.75, 3.05) is 18.0 Å². The predicted octanol–water partition coefficient (Wildman–Crippen LogP) is 6.37. The number of rotatable bonds is 3. The summed E-state index contributed by atoms with van der Waals surface area (Å²) in [7, 11) is 0. The molecule has 1 saturated heterocycles. The van der Waals surface area contributed by atoms with Crippen LogP contribution in [-0.4, -0.2) is 18.1 Å². The Balaban J connectivity index is 0.00000210. The number of hydrogen-bond acceptors (Lipinski definition) is 2. The first-order chi connectivity index (χ1) is 12.7. The third-order valence-corrected chi connectivity index (χ3v) is 5.48. The maximum absolute atomic E-state index is 4.63. The van der Waals surface area contributed by atoms with E-state index in [1.807, 2.05) is 6.20 Å². The van der Waals surface area contributed by atoms with Gasteiger partial charge in [0.15, 0.2) is 0 Å².